The minimum atomic E-state index is -1.26. The van der Waals surface area contributed by atoms with Crippen LogP contribution in [0.4, 0.5) is 5.69 Å². The van der Waals surface area contributed by atoms with Crippen LogP contribution in [0.5, 0.6) is 11.6 Å². The third-order valence-corrected chi connectivity index (χ3v) is 4.52. The number of hydrogen-bond donors (Lipinski definition) is 4. The van der Waals surface area contributed by atoms with Crippen molar-refractivity contribution in [3.63, 3.8) is 0 Å². The van der Waals surface area contributed by atoms with Crippen LogP contribution in [0.1, 0.15) is 12.5 Å². The Hall–Kier alpha value is -3.79. The Balaban J connectivity index is 1.68. The molecule has 5 N–H and O–H groups in total. The molecule has 1 aliphatic heterocycles. The van der Waals surface area contributed by atoms with E-state index in [-0.39, 0.29) is 0 Å². The van der Waals surface area contributed by atoms with Gasteiger partial charge in [0.25, 0.3) is 5.88 Å². The number of aromatic nitrogens is 2. The normalized spacial score (nSPS) is 18.6. The number of aromatic amines is 1. The highest BCUT2D eigenvalue weighted by molar-refractivity contribution is 6.08. The number of pyridine rings is 1. The van der Waals surface area contributed by atoms with E-state index in [0.29, 0.717) is 34.1 Å². The van der Waals surface area contributed by atoms with Gasteiger partial charge in [0.1, 0.15) is 5.84 Å². The van der Waals surface area contributed by atoms with Crippen molar-refractivity contribution in [1.29, 1.82) is 0 Å². The summed E-state index contributed by atoms with van der Waals surface area (Å²) in [5, 5.41) is 6.32. The number of nitrogens with one attached hydrogen (secondary N) is 3. The van der Waals surface area contributed by atoms with Gasteiger partial charge in [0.2, 0.25) is 5.79 Å². The predicted molar refractivity (Wildman–Crippen MR) is 108 cm³/mol. The average molecular weight is 396 g/mol. The molecule has 0 bridgehead atoms. The molecule has 0 spiro atoms. The average Bonchev–Trinajstić information content (AvgIpc) is 3.09. The van der Waals surface area contributed by atoms with Crippen LogP contribution in [-0.2, 0) is 5.79 Å². The lowest BCUT2D eigenvalue weighted by atomic mass is 10.1. The van der Waals surface area contributed by atoms with Crippen molar-refractivity contribution in [2.24, 2.45) is 10.7 Å². The lowest BCUT2D eigenvalue weighted by molar-refractivity contribution is 0.337. The van der Waals surface area contributed by atoms with Crippen molar-refractivity contribution < 1.29 is 13.9 Å². The second-order valence-corrected chi connectivity index (χ2v) is 6.48. The number of ether oxygens (including phenoxy) is 2. The molecule has 2 aromatic heterocycles. The first-order valence-electron chi connectivity index (χ1n) is 8.74. The van der Waals surface area contributed by atoms with Crippen molar-refractivity contribution in [2.45, 2.75) is 12.7 Å². The van der Waals surface area contributed by atoms with E-state index in [9.17, 15) is 4.79 Å². The van der Waals surface area contributed by atoms with Gasteiger partial charge >= 0.3 is 5.76 Å². The molecule has 0 saturated heterocycles. The molecule has 1 aromatic carbocycles. The van der Waals surface area contributed by atoms with Gasteiger partial charge in [0.05, 0.1) is 19.7 Å². The summed E-state index contributed by atoms with van der Waals surface area (Å²) in [7, 11) is 3.04. The number of amidine groups is 1. The van der Waals surface area contributed by atoms with Gasteiger partial charge in [-0.15, -0.1) is 0 Å². The minimum Gasteiger partial charge on any atom is -0.491 e. The molecule has 1 aliphatic rings. The highest BCUT2D eigenvalue weighted by Crippen LogP contribution is 2.30. The molecular formula is C19H20N6O4. The van der Waals surface area contributed by atoms with Crippen LogP contribution in [0.25, 0.3) is 11.1 Å². The standard InChI is InChI=1S/C19H20N6O4/c1-10-8-22-19(20,11-6-15(27-2)17(28-3)21-9-11)25-16(10)23-12-4-5-14-13(7-12)24-18(26)29-14/h4-9,22H,20H2,1-3H3,(H,23,25)(H,24,26). The molecule has 3 heterocycles. The summed E-state index contributed by atoms with van der Waals surface area (Å²) in [5.41, 5.74) is 9.73. The van der Waals surface area contributed by atoms with Crippen LogP contribution in [0.2, 0.25) is 0 Å². The van der Waals surface area contributed by atoms with Gasteiger partial charge in [0.15, 0.2) is 11.3 Å². The maximum Gasteiger partial charge on any atom is 0.417 e. The molecule has 29 heavy (non-hydrogen) atoms. The van der Waals surface area contributed by atoms with E-state index in [1.54, 1.807) is 36.7 Å². The Morgan fingerprint density at radius 1 is 1.24 bits per heavy atom. The Morgan fingerprint density at radius 2 is 2.07 bits per heavy atom. The van der Waals surface area contributed by atoms with E-state index in [4.69, 9.17) is 19.6 Å². The lowest BCUT2D eigenvalue weighted by Crippen LogP contribution is -2.50. The number of anilines is 1. The van der Waals surface area contributed by atoms with Gasteiger partial charge < -0.3 is 24.5 Å². The van der Waals surface area contributed by atoms with Gasteiger partial charge in [-0.2, -0.15) is 0 Å². The summed E-state index contributed by atoms with van der Waals surface area (Å²) in [4.78, 5) is 22.9. The highest BCUT2D eigenvalue weighted by Gasteiger charge is 2.31. The number of fused-ring (bicyclic) bond motifs is 1. The summed E-state index contributed by atoms with van der Waals surface area (Å²) in [6, 6.07) is 6.96. The van der Waals surface area contributed by atoms with Crippen LogP contribution in [0, 0.1) is 0 Å². The summed E-state index contributed by atoms with van der Waals surface area (Å²) in [6.45, 7) is 1.89. The second kappa shape index (κ2) is 6.99. The van der Waals surface area contributed by atoms with E-state index >= 15 is 0 Å². The SMILES string of the molecule is COc1cc(C2(N)N=C(Nc3ccc4oc(=O)[nH]c4c3)C(C)=CN2)cnc1OC. The molecule has 0 fully saturated rings. The van der Waals surface area contributed by atoms with Crippen molar-refractivity contribution in [2.75, 3.05) is 19.5 Å². The number of nitrogens with zero attached hydrogens (tertiary/aromatic N) is 2. The Labute approximate surface area is 165 Å². The fourth-order valence-corrected chi connectivity index (χ4v) is 2.96. The molecule has 0 radical (unpaired) electrons. The van der Waals surface area contributed by atoms with Crippen LogP contribution in [-0.4, -0.2) is 30.0 Å². The first kappa shape index (κ1) is 18.6. The fraction of sp³-hybridized carbons (Fsp3) is 0.211. The molecule has 0 saturated carbocycles. The molecular weight excluding hydrogens is 376 g/mol. The van der Waals surface area contributed by atoms with Gasteiger partial charge in [-0.1, -0.05) is 0 Å². The molecule has 10 nitrogen and oxygen atoms in total. The predicted octanol–water partition coefficient (Wildman–Crippen LogP) is 1.62. The molecule has 150 valence electrons. The van der Waals surface area contributed by atoms with Crippen molar-refractivity contribution in [3.05, 3.63) is 58.3 Å². The van der Waals surface area contributed by atoms with E-state index in [1.807, 2.05) is 6.92 Å². The molecule has 4 rings (SSSR count). The highest BCUT2D eigenvalue weighted by atomic mass is 16.5. The molecule has 1 unspecified atom stereocenters. The first-order chi connectivity index (χ1) is 13.9. The van der Waals surface area contributed by atoms with Gasteiger partial charge in [-0.25, -0.2) is 14.8 Å². The number of methoxy groups -OCH3 is 2. The zero-order chi connectivity index (χ0) is 20.6. The number of aliphatic imine (C=N–C) groups is 1. The first-order valence-corrected chi connectivity index (χ1v) is 8.74. The van der Waals surface area contributed by atoms with E-state index in [2.05, 4.69) is 25.6 Å². The van der Waals surface area contributed by atoms with E-state index in [0.717, 1.165) is 11.3 Å². The fourth-order valence-electron chi connectivity index (χ4n) is 2.96. The van der Waals surface area contributed by atoms with Crippen molar-refractivity contribution >= 4 is 22.6 Å². The van der Waals surface area contributed by atoms with Gasteiger partial charge in [0, 0.05) is 29.2 Å². The molecule has 0 amide bonds. The lowest BCUT2D eigenvalue weighted by Gasteiger charge is -2.31. The third-order valence-electron chi connectivity index (χ3n) is 4.52. The Morgan fingerprint density at radius 3 is 2.83 bits per heavy atom. The van der Waals surface area contributed by atoms with Crippen LogP contribution < -0.4 is 31.6 Å². The number of oxazole rings is 1. The van der Waals surface area contributed by atoms with Crippen LogP contribution in [0.3, 0.4) is 0 Å². The smallest absolute Gasteiger partial charge is 0.417 e. The summed E-state index contributed by atoms with van der Waals surface area (Å²) < 4.78 is 15.5. The minimum absolute atomic E-state index is 0.354. The molecule has 3 aromatic rings. The van der Waals surface area contributed by atoms with Crippen LogP contribution in [0.15, 0.2) is 56.4 Å². The summed E-state index contributed by atoms with van der Waals surface area (Å²) in [5.74, 6) is -0.405. The molecule has 10 heteroatoms. The molecule has 1 atom stereocenters. The maximum absolute atomic E-state index is 11.4. The zero-order valence-electron chi connectivity index (χ0n) is 16.1. The number of benzene rings is 1. The summed E-state index contributed by atoms with van der Waals surface area (Å²) >= 11 is 0. The summed E-state index contributed by atoms with van der Waals surface area (Å²) in [6.07, 6.45) is 3.34. The van der Waals surface area contributed by atoms with Gasteiger partial charge in [-0.05, 0) is 31.2 Å². The second-order valence-electron chi connectivity index (χ2n) is 6.48. The Kier molecular flexibility index (Phi) is 4.47. The van der Waals surface area contributed by atoms with Crippen molar-refractivity contribution in [3.8, 4) is 11.6 Å². The molecule has 0 aliphatic carbocycles. The third kappa shape index (κ3) is 3.41. The maximum atomic E-state index is 11.4. The number of H-pyrrole nitrogens is 1. The number of hydrogen-bond acceptors (Lipinski definition) is 9. The van der Waals surface area contributed by atoms with Gasteiger partial charge in [-0.3, -0.25) is 10.7 Å². The van der Waals surface area contributed by atoms with Crippen LogP contribution >= 0.6 is 0 Å². The van der Waals surface area contributed by atoms with E-state index in [1.165, 1.54) is 14.2 Å². The topological polar surface area (TPSA) is 140 Å². The largest absolute Gasteiger partial charge is 0.491 e. The van der Waals surface area contributed by atoms with E-state index < -0.39 is 11.5 Å². The monoisotopic (exact) mass is 396 g/mol. The number of rotatable bonds is 4. The quantitative estimate of drug-likeness (QED) is 0.522. The van der Waals surface area contributed by atoms with Crippen molar-refractivity contribution in [1.82, 2.24) is 15.3 Å². The zero-order valence-corrected chi connectivity index (χ0v) is 16.1. The number of nitrogens with two attached hydrogens (primary N) is 1. The Bertz CT molecular complexity index is 1190.